The normalized spacial score (nSPS) is 15.5. The lowest BCUT2D eigenvalue weighted by Crippen LogP contribution is -2.37. The number of hydrogen-bond acceptors (Lipinski definition) is 4. The van der Waals surface area contributed by atoms with Gasteiger partial charge in [0.1, 0.15) is 11.5 Å². The molecular formula is C21H26N2O3. The van der Waals surface area contributed by atoms with Crippen molar-refractivity contribution in [2.24, 2.45) is 0 Å². The van der Waals surface area contributed by atoms with E-state index >= 15 is 0 Å². The van der Waals surface area contributed by atoms with Gasteiger partial charge in [0.2, 0.25) is 0 Å². The molecule has 0 aliphatic carbocycles. The van der Waals surface area contributed by atoms with Crippen LogP contribution in [0, 0.1) is 0 Å². The maximum Gasteiger partial charge on any atom is 0.255 e. The van der Waals surface area contributed by atoms with Crippen molar-refractivity contribution in [3.8, 4) is 11.5 Å². The standard InChI is InChI=1S/C21H26N2O3/c1-25-17-10-11-18(20(14-17)26-2)21(24)22-19(15-23-12-6-7-13-23)16-8-4-3-5-9-16/h3-5,8-11,14,19H,6-7,12-13,15H2,1-2H3,(H,22,24). The molecule has 0 radical (unpaired) electrons. The molecule has 2 aromatic rings. The number of amides is 1. The van der Waals surface area contributed by atoms with Crippen LogP contribution in [0.25, 0.3) is 0 Å². The first kappa shape index (κ1) is 18.3. The Morgan fingerprint density at radius 3 is 2.46 bits per heavy atom. The molecular weight excluding hydrogens is 328 g/mol. The molecule has 1 atom stereocenters. The van der Waals surface area contributed by atoms with Gasteiger partial charge in [0.05, 0.1) is 25.8 Å². The number of carbonyl (C=O) groups is 1. The van der Waals surface area contributed by atoms with Gasteiger partial charge in [-0.05, 0) is 43.6 Å². The molecule has 1 N–H and O–H groups in total. The zero-order valence-corrected chi connectivity index (χ0v) is 15.4. The first-order valence-corrected chi connectivity index (χ1v) is 9.01. The van der Waals surface area contributed by atoms with Gasteiger partial charge in [0.15, 0.2) is 0 Å². The SMILES string of the molecule is COc1ccc(C(=O)NC(CN2CCCC2)c2ccccc2)c(OC)c1. The van der Waals surface area contributed by atoms with E-state index in [1.54, 1.807) is 32.4 Å². The number of nitrogens with zero attached hydrogens (tertiary/aromatic N) is 1. The highest BCUT2D eigenvalue weighted by molar-refractivity contribution is 5.97. The second kappa shape index (κ2) is 8.72. The van der Waals surface area contributed by atoms with Crippen LogP contribution < -0.4 is 14.8 Å². The number of benzene rings is 2. The van der Waals surface area contributed by atoms with Gasteiger partial charge in [0.25, 0.3) is 5.91 Å². The van der Waals surface area contributed by atoms with E-state index < -0.39 is 0 Å². The van der Waals surface area contributed by atoms with E-state index in [9.17, 15) is 4.79 Å². The van der Waals surface area contributed by atoms with E-state index in [0.717, 1.165) is 25.2 Å². The summed E-state index contributed by atoms with van der Waals surface area (Å²) in [6.07, 6.45) is 2.45. The van der Waals surface area contributed by atoms with Crippen LogP contribution in [0.2, 0.25) is 0 Å². The summed E-state index contributed by atoms with van der Waals surface area (Å²) in [5.41, 5.74) is 1.62. The first-order chi connectivity index (χ1) is 12.7. The molecule has 5 heteroatoms. The Hall–Kier alpha value is -2.53. The lowest BCUT2D eigenvalue weighted by atomic mass is 10.1. The van der Waals surface area contributed by atoms with E-state index in [1.807, 2.05) is 18.2 Å². The van der Waals surface area contributed by atoms with Crippen molar-refractivity contribution in [2.75, 3.05) is 33.9 Å². The molecule has 1 saturated heterocycles. The molecule has 0 saturated carbocycles. The van der Waals surface area contributed by atoms with Crippen molar-refractivity contribution in [3.63, 3.8) is 0 Å². The second-order valence-electron chi connectivity index (χ2n) is 6.51. The number of hydrogen-bond donors (Lipinski definition) is 1. The zero-order valence-electron chi connectivity index (χ0n) is 15.4. The molecule has 0 aromatic heterocycles. The Kier molecular flexibility index (Phi) is 6.12. The zero-order chi connectivity index (χ0) is 18.4. The van der Waals surface area contributed by atoms with Gasteiger partial charge in [-0.25, -0.2) is 0 Å². The van der Waals surface area contributed by atoms with Crippen molar-refractivity contribution >= 4 is 5.91 Å². The quantitative estimate of drug-likeness (QED) is 0.829. The summed E-state index contributed by atoms with van der Waals surface area (Å²) >= 11 is 0. The van der Waals surface area contributed by atoms with Gasteiger partial charge >= 0.3 is 0 Å². The summed E-state index contributed by atoms with van der Waals surface area (Å²) in [5.74, 6) is 1.03. The molecule has 0 bridgehead atoms. The third-order valence-corrected chi connectivity index (χ3v) is 4.80. The van der Waals surface area contributed by atoms with Crippen molar-refractivity contribution < 1.29 is 14.3 Å². The van der Waals surface area contributed by atoms with Gasteiger partial charge < -0.3 is 19.7 Å². The second-order valence-corrected chi connectivity index (χ2v) is 6.51. The van der Waals surface area contributed by atoms with Gasteiger partial charge in [-0.2, -0.15) is 0 Å². The van der Waals surface area contributed by atoms with Crippen LogP contribution >= 0.6 is 0 Å². The van der Waals surface area contributed by atoms with Gasteiger partial charge in [-0.15, -0.1) is 0 Å². The van der Waals surface area contributed by atoms with E-state index in [-0.39, 0.29) is 11.9 Å². The summed E-state index contributed by atoms with van der Waals surface area (Å²) < 4.78 is 10.6. The number of nitrogens with one attached hydrogen (secondary N) is 1. The first-order valence-electron chi connectivity index (χ1n) is 9.01. The van der Waals surface area contributed by atoms with Crippen LogP contribution in [-0.4, -0.2) is 44.7 Å². The molecule has 1 aliphatic heterocycles. The third-order valence-electron chi connectivity index (χ3n) is 4.80. The molecule has 0 spiro atoms. The average molecular weight is 354 g/mol. The van der Waals surface area contributed by atoms with E-state index in [4.69, 9.17) is 9.47 Å². The predicted octanol–water partition coefficient (Wildman–Crippen LogP) is 3.27. The monoisotopic (exact) mass is 354 g/mol. The van der Waals surface area contributed by atoms with Crippen LogP contribution in [0.1, 0.15) is 34.8 Å². The predicted molar refractivity (Wildman–Crippen MR) is 102 cm³/mol. The van der Waals surface area contributed by atoms with Crippen LogP contribution in [0.4, 0.5) is 0 Å². The van der Waals surface area contributed by atoms with Crippen molar-refractivity contribution in [1.82, 2.24) is 10.2 Å². The fraction of sp³-hybridized carbons (Fsp3) is 0.381. The molecule has 1 heterocycles. The number of ether oxygens (including phenoxy) is 2. The van der Waals surface area contributed by atoms with Crippen LogP contribution in [0.5, 0.6) is 11.5 Å². The number of methoxy groups -OCH3 is 2. The minimum Gasteiger partial charge on any atom is -0.497 e. The van der Waals surface area contributed by atoms with Crippen molar-refractivity contribution in [1.29, 1.82) is 0 Å². The Morgan fingerprint density at radius 1 is 1.08 bits per heavy atom. The molecule has 1 unspecified atom stereocenters. The minimum absolute atomic E-state index is 0.0615. The summed E-state index contributed by atoms with van der Waals surface area (Å²) in [5, 5.41) is 3.19. The third kappa shape index (κ3) is 4.35. The largest absolute Gasteiger partial charge is 0.497 e. The molecule has 2 aromatic carbocycles. The minimum atomic E-state index is -0.141. The fourth-order valence-electron chi connectivity index (χ4n) is 3.37. The van der Waals surface area contributed by atoms with Crippen LogP contribution in [-0.2, 0) is 0 Å². The molecule has 1 fully saturated rings. The Balaban J connectivity index is 1.80. The average Bonchev–Trinajstić information content (AvgIpc) is 3.20. The summed E-state index contributed by atoms with van der Waals surface area (Å²) in [6.45, 7) is 2.99. The number of likely N-dealkylation sites (tertiary alicyclic amines) is 1. The molecule has 26 heavy (non-hydrogen) atoms. The van der Waals surface area contributed by atoms with Crippen molar-refractivity contribution in [3.05, 3.63) is 59.7 Å². The van der Waals surface area contributed by atoms with E-state index in [0.29, 0.717) is 17.1 Å². The highest BCUT2D eigenvalue weighted by atomic mass is 16.5. The molecule has 138 valence electrons. The maximum atomic E-state index is 12.9. The summed E-state index contributed by atoms with van der Waals surface area (Å²) in [4.78, 5) is 15.3. The van der Waals surface area contributed by atoms with Gasteiger partial charge in [-0.1, -0.05) is 30.3 Å². The number of carbonyl (C=O) groups excluding carboxylic acids is 1. The molecule has 3 rings (SSSR count). The molecule has 5 nitrogen and oxygen atoms in total. The van der Waals surface area contributed by atoms with Crippen LogP contribution in [0.15, 0.2) is 48.5 Å². The lowest BCUT2D eigenvalue weighted by molar-refractivity contribution is 0.0924. The highest BCUT2D eigenvalue weighted by Gasteiger charge is 2.22. The fourth-order valence-corrected chi connectivity index (χ4v) is 3.37. The Labute approximate surface area is 154 Å². The van der Waals surface area contributed by atoms with Gasteiger partial charge in [0, 0.05) is 12.6 Å². The smallest absolute Gasteiger partial charge is 0.255 e. The maximum absolute atomic E-state index is 12.9. The number of rotatable bonds is 7. The summed E-state index contributed by atoms with van der Waals surface area (Å²) in [7, 11) is 3.15. The highest BCUT2D eigenvalue weighted by Crippen LogP contribution is 2.26. The topological polar surface area (TPSA) is 50.8 Å². The van der Waals surface area contributed by atoms with E-state index in [2.05, 4.69) is 22.3 Å². The van der Waals surface area contributed by atoms with Crippen LogP contribution in [0.3, 0.4) is 0 Å². The Morgan fingerprint density at radius 2 is 1.81 bits per heavy atom. The Bertz CT molecular complexity index is 727. The van der Waals surface area contributed by atoms with E-state index in [1.165, 1.54) is 12.8 Å². The molecule has 1 amide bonds. The lowest BCUT2D eigenvalue weighted by Gasteiger charge is -2.25. The molecule has 1 aliphatic rings. The van der Waals surface area contributed by atoms with Gasteiger partial charge in [-0.3, -0.25) is 4.79 Å². The van der Waals surface area contributed by atoms with Crippen molar-refractivity contribution in [2.45, 2.75) is 18.9 Å². The summed E-state index contributed by atoms with van der Waals surface area (Å²) in [6, 6.07) is 15.3.